The molecule has 0 bridgehead atoms. The van der Waals surface area contributed by atoms with E-state index in [1.54, 1.807) is 16.9 Å². The molecule has 3 heterocycles. The van der Waals surface area contributed by atoms with Gasteiger partial charge in [-0.25, -0.2) is 9.67 Å². The van der Waals surface area contributed by atoms with Gasteiger partial charge >= 0.3 is 0 Å². The summed E-state index contributed by atoms with van der Waals surface area (Å²) in [4.78, 5) is 15.4. The van der Waals surface area contributed by atoms with Gasteiger partial charge < -0.3 is 5.32 Å². The number of Topliss-reactive ketones (excluding diaryl/α,β-unsaturated/α-hetero) is 1. The van der Waals surface area contributed by atoms with Crippen LogP contribution in [0.25, 0.3) is 5.82 Å². The monoisotopic (exact) mass is 228 g/mol. The van der Waals surface area contributed by atoms with E-state index in [0.717, 1.165) is 24.6 Å². The van der Waals surface area contributed by atoms with E-state index in [0.29, 0.717) is 5.56 Å². The van der Waals surface area contributed by atoms with Crippen LogP contribution in [0.3, 0.4) is 0 Å². The third-order valence-electron chi connectivity index (χ3n) is 2.87. The minimum absolute atomic E-state index is 0.0243. The Morgan fingerprint density at radius 3 is 2.94 bits per heavy atom. The highest BCUT2D eigenvalue weighted by Gasteiger charge is 2.15. The third-order valence-corrected chi connectivity index (χ3v) is 2.87. The van der Waals surface area contributed by atoms with Crippen molar-refractivity contribution >= 4 is 5.78 Å². The van der Waals surface area contributed by atoms with Crippen molar-refractivity contribution in [2.45, 2.75) is 20.0 Å². The predicted molar refractivity (Wildman–Crippen MR) is 61.9 cm³/mol. The molecule has 17 heavy (non-hydrogen) atoms. The number of carbonyl (C=O) groups is 1. The maximum atomic E-state index is 11.1. The number of ketones is 1. The van der Waals surface area contributed by atoms with E-state index in [2.05, 4.69) is 15.4 Å². The van der Waals surface area contributed by atoms with Gasteiger partial charge in [0.1, 0.15) is 0 Å². The summed E-state index contributed by atoms with van der Waals surface area (Å²) in [6.45, 7) is 3.21. The van der Waals surface area contributed by atoms with Gasteiger partial charge in [0.25, 0.3) is 0 Å². The summed E-state index contributed by atoms with van der Waals surface area (Å²) >= 11 is 0. The molecular weight excluding hydrogens is 216 g/mol. The molecule has 3 rings (SSSR count). The summed E-state index contributed by atoms with van der Waals surface area (Å²) in [5, 5.41) is 7.67. The maximum absolute atomic E-state index is 11.1. The average Bonchev–Trinajstić information content (AvgIpc) is 2.89. The van der Waals surface area contributed by atoms with Crippen molar-refractivity contribution < 1.29 is 4.79 Å². The van der Waals surface area contributed by atoms with Crippen molar-refractivity contribution in [2.75, 3.05) is 0 Å². The maximum Gasteiger partial charge on any atom is 0.161 e. The average molecular weight is 228 g/mol. The summed E-state index contributed by atoms with van der Waals surface area (Å²) < 4.78 is 1.76. The van der Waals surface area contributed by atoms with Crippen LogP contribution in [0.2, 0.25) is 0 Å². The molecule has 0 spiro atoms. The first kappa shape index (κ1) is 10.2. The van der Waals surface area contributed by atoms with E-state index in [1.165, 1.54) is 12.5 Å². The second-order valence-electron chi connectivity index (χ2n) is 4.11. The van der Waals surface area contributed by atoms with E-state index >= 15 is 0 Å². The lowest BCUT2D eigenvalue weighted by Gasteiger charge is -2.01. The van der Waals surface area contributed by atoms with E-state index in [4.69, 9.17) is 0 Å². The Bertz CT molecular complexity index is 549. The second-order valence-corrected chi connectivity index (χ2v) is 4.11. The van der Waals surface area contributed by atoms with Gasteiger partial charge in [-0.1, -0.05) is 0 Å². The molecule has 0 fully saturated rings. The largest absolute Gasteiger partial charge is 0.307 e. The Morgan fingerprint density at radius 1 is 1.41 bits per heavy atom. The highest BCUT2D eigenvalue weighted by atomic mass is 16.1. The van der Waals surface area contributed by atoms with E-state index in [9.17, 15) is 4.79 Å². The topological polar surface area (TPSA) is 59.8 Å². The Morgan fingerprint density at radius 2 is 2.29 bits per heavy atom. The number of carbonyl (C=O) groups excluding carboxylic acids is 1. The molecule has 0 aliphatic carbocycles. The van der Waals surface area contributed by atoms with Crippen LogP contribution in [0.4, 0.5) is 0 Å². The molecule has 0 amide bonds. The number of nitrogens with zero attached hydrogens (tertiary/aromatic N) is 3. The molecule has 1 N–H and O–H groups in total. The zero-order valence-electron chi connectivity index (χ0n) is 9.47. The van der Waals surface area contributed by atoms with Crippen LogP contribution in [0.1, 0.15) is 28.5 Å². The van der Waals surface area contributed by atoms with Crippen molar-refractivity contribution in [2.24, 2.45) is 0 Å². The third kappa shape index (κ3) is 1.74. The summed E-state index contributed by atoms with van der Waals surface area (Å²) in [5.41, 5.74) is 2.90. The fraction of sp³-hybridized carbons (Fsp3) is 0.250. The van der Waals surface area contributed by atoms with Crippen LogP contribution in [0.5, 0.6) is 0 Å². The van der Waals surface area contributed by atoms with Gasteiger partial charge in [0.05, 0.1) is 5.69 Å². The van der Waals surface area contributed by atoms with Crippen molar-refractivity contribution in [3.8, 4) is 5.82 Å². The second kappa shape index (κ2) is 3.78. The normalized spacial score (nSPS) is 13.7. The number of hydrogen-bond donors (Lipinski definition) is 1. The van der Waals surface area contributed by atoms with E-state index in [1.807, 2.05) is 12.3 Å². The van der Waals surface area contributed by atoms with Gasteiger partial charge in [0.2, 0.25) is 0 Å². The lowest BCUT2D eigenvalue weighted by atomic mass is 10.2. The van der Waals surface area contributed by atoms with Crippen LogP contribution in [-0.4, -0.2) is 20.5 Å². The molecule has 0 atom stereocenters. The van der Waals surface area contributed by atoms with Crippen LogP contribution in [-0.2, 0) is 13.1 Å². The Kier molecular flexibility index (Phi) is 2.26. The Hall–Kier alpha value is -2.01. The Balaban J connectivity index is 1.95. The van der Waals surface area contributed by atoms with Crippen LogP contribution in [0, 0.1) is 0 Å². The van der Waals surface area contributed by atoms with Gasteiger partial charge in [0, 0.05) is 36.6 Å². The molecule has 0 aromatic carbocycles. The highest BCUT2D eigenvalue weighted by molar-refractivity contribution is 5.93. The van der Waals surface area contributed by atoms with Crippen molar-refractivity contribution in [1.82, 2.24) is 20.1 Å². The first-order valence-corrected chi connectivity index (χ1v) is 5.49. The van der Waals surface area contributed by atoms with Gasteiger partial charge in [-0.05, 0) is 19.1 Å². The summed E-state index contributed by atoms with van der Waals surface area (Å²) in [7, 11) is 0. The molecule has 86 valence electrons. The van der Waals surface area contributed by atoms with Crippen LogP contribution >= 0.6 is 0 Å². The molecule has 1 aliphatic heterocycles. The SMILES string of the molecule is CC(=O)c1ccc(-n2cc3c(n2)CNC3)nc1. The van der Waals surface area contributed by atoms with E-state index in [-0.39, 0.29) is 5.78 Å². The number of nitrogens with one attached hydrogen (secondary N) is 1. The van der Waals surface area contributed by atoms with Crippen molar-refractivity contribution in [3.05, 3.63) is 41.3 Å². The molecule has 5 heteroatoms. The van der Waals surface area contributed by atoms with Gasteiger partial charge in [-0.15, -0.1) is 0 Å². The molecule has 2 aromatic rings. The minimum atomic E-state index is 0.0243. The molecule has 0 saturated heterocycles. The summed E-state index contributed by atoms with van der Waals surface area (Å²) in [6.07, 6.45) is 3.56. The lowest BCUT2D eigenvalue weighted by Crippen LogP contribution is -2.06. The molecule has 5 nitrogen and oxygen atoms in total. The Labute approximate surface area is 98.5 Å². The highest BCUT2D eigenvalue weighted by Crippen LogP contribution is 2.15. The first-order chi connectivity index (χ1) is 8.24. The molecule has 0 unspecified atom stereocenters. The predicted octanol–water partition coefficient (Wildman–Crippen LogP) is 1.07. The van der Waals surface area contributed by atoms with Gasteiger partial charge in [-0.3, -0.25) is 4.79 Å². The van der Waals surface area contributed by atoms with Crippen LogP contribution in [0.15, 0.2) is 24.5 Å². The number of aromatic nitrogens is 3. The smallest absolute Gasteiger partial charge is 0.161 e. The number of fused-ring (bicyclic) bond motifs is 1. The van der Waals surface area contributed by atoms with Gasteiger partial charge in [0.15, 0.2) is 11.6 Å². The lowest BCUT2D eigenvalue weighted by molar-refractivity contribution is 0.101. The van der Waals surface area contributed by atoms with Crippen LogP contribution < -0.4 is 5.32 Å². The quantitative estimate of drug-likeness (QED) is 0.781. The molecule has 0 saturated carbocycles. The first-order valence-electron chi connectivity index (χ1n) is 5.49. The molecule has 1 aliphatic rings. The molecule has 2 aromatic heterocycles. The fourth-order valence-electron chi connectivity index (χ4n) is 1.90. The number of pyridine rings is 1. The van der Waals surface area contributed by atoms with Crippen molar-refractivity contribution in [1.29, 1.82) is 0 Å². The number of hydrogen-bond acceptors (Lipinski definition) is 4. The zero-order valence-corrected chi connectivity index (χ0v) is 9.47. The zero-order chi connectivity index (χ0) is 11.8. The standard InChI is InChI=1S/C12H12N4O/c1-8(17)9-2-3-12(14-5-9)16-7-10-4-13-6-11(10)15-16/h2-3,5,7,13H,4,6H2,1H3. The fourth-order valence-corrected chi connectivity index (χ4v) is 1.90. The van der Waals surface area contributed by atoms with E-state index < -0.39 is 0 Å². The van der Waals surface area contributed by atoms with Crippen molar-refractivity contribution in [3.63, 3.8) is 0 Å². The molecule has 0 radical (unpaired) electrons. The van der Waals surface area contributed by atoms with Gasteiger partial charge in [-0.2, -0.15) is 5.10 Å². The number of rotatable bonds is 2. The summed E-state index contributed by atoms with van der Waals surface area (Å²) in [5.74, 6) is 0.764. The minimum Gasteiger partial charge on any atom is -0.307 e. The molecular formula is C12H12N4O. The summed E-state index contributed by atoms with van der Waals surface area (Å²) in [6, 6.07) is 3.59.